The van der Waals surface area contributed by atoms with Gasteiger partial charge < -0.3 is 19.4 Å². The van der Waals surface area contributed by atoms with Gasteiger partial charge in [0.2, 0.25) is 16.1 Å². The number of nitrogens with zero attached hydrogens (tertiary/aromatic N) is 1. The first-order chi connectivity index (χ1) is 6.46. The second-order valence-corrected chi connectivity index (χ2v) is 8.39. The predicted molar refractivity (Wildman–Crippen MR) is 63.0 cm³/mol. The summed E-state index contributed by atoms with van der Waals surface area (Å²) in [7, 11) is 2.77. The molecule has 2 N–H and O–H groups in total. The number of rotatable bonds is 2. The van der Waals surface area contributed by atoms with Crippen molar-refractivity contribution in [1.82, 2.24) is 4.90 Å². The minimum absolute atomic E-state index is 0.886. The van der Waals surface area contributed by atoms with Gasteiger partial charge in [0.25, 0.3) is 0 Å². The van der Waals surface area contributed by atoms with Gasteiger partial charge in [-0.1, -0.05) is 34.8 Å². The van der Waals surface area contributed by atoms with Crippen molar-refractivity contribution in [3.63, 3.8) is 0 Å². The van der Waals surface area contributed by atoms with Gasteiger partial charge in [-0.3, -0.25) is 0 Å². The molecule has 0 aliphatic carbocycles. The molecule has 5 nitrogen and oxygen atoms in total. The van der Waals surface area contributed by atoms with Crippen LogP contribution < -0.4 is 0 Å². The number of halogens is 3. The summed E-state index contributed by atoms with van der Waals surface area (Å²) < 4.78 is 2.39. The summed E-state index contributed by atoms with van der Waals surface area (Å²) in [5, 5.41) is 0. The first-order valence-corrected chi connectivity index (χ1v) is 7.37. The third-order valence-corrected chi connectivity index (χ3v) is 3.89. The fraction of sp³-hybridized carbons (Fsp3) is 0.800. The van der Waals surface area contributed by atoms with Gasteiger partial charge in [-0.05, 0) is 11.8 Å². The van der Waals surface area contributed by atoms with Gasteiger partial charge in [-0.15, -0.1) is 0 Å². The minimum Gasteiger partial charge on any atom is -0.431 e. The molecule has 1 amide bonds. The second kappa shape index (κ2) is 5.36. The first kappa shape index (κ1) is 15.7. The van der Waals surface area contributed by atoms with Gasteiger partial charge in [-0.2, -0.15) is 0 Å². The van der Waals surface area contributed by atoms with Crippen molar-refractivity contribution in [2.75, 3.05) is 14.1 Å². The number of amides is 1. The van der Waals surface area contributed by atoms with E-state index in [0.29, 0.717) is 0 Å². The molecule has 0 unspecified atom stereocenters. The molecule has 0 rings (SSSR count). The highest BCUT2D eigenvalue weighted by Crippen LogP contribution is 2.53. The number of hydrogen-bond donors (Lipinski definition) is 2. The SMILES string of the molecule is CN(C)C(=O)O[C@@H](C(Cl)(Cl)Cl)P(O)(O)=S. The Kier molecular flexibility index (Phi) is 5.61. The van der Waals surface area contributed by atoms with E-state index in [2.05, 4.69) is 16.5 Å². The van der Waals surface area contributed by atoms with Crippen molar-refractivity contribution in [3.8, 4) is 0 Å². The van der Waals surface area contributed by atoms with Crippen LogP contribution in [0.3, 0.4) is 0 Å². The molecule has 90 valence electrons. The Balaban J connectivity index is 4.86. The van der Waals surface area contributed by atoms with E-state index in [4.69, 9.17) is 34.8 Å². The lowest BCUT2D eigenvalue weighted by atomic mass is 10.8. The van der Waals surface area contributed by atoms with E-state index in [1.165, 1.54) is 14.1 Å². The fourth-order valence-electron chi connectivity index (χ4n) is 0.527. The number of hydrogen-bond acceptors (Lipinski definition) is 3. The van der Waals surface area contributed by atoms with Crippen molar-refractivity contribution in [3.05, 3.63) is 0 Å². The number of carbonyl (C=O) groups is 1. The quantitative estimate of drug-likeness (QED) is 0.599. The molecule has 1 atom stereocenters. The summed E-state index contributed by atoms with van der Waals surface area (Å²) in [6.07, 6.45) is -0.886. The van der Waals surface area contributed by atoms with Crippen LogP contribution in [0.15, 0.2) is 0 Å². The maximum atomic E-state index is 11.1. The predicted octanol–water partition coefficient (Wildman–Crippen LogP) is 1.67. The Morgan fingerprint density at radius 2 is 1.87 bits per heavy atom. The Bertz CT molecular complexity index is 288. The van der Waals surface area contributed by atoms with Gasteiger partial charge in [0, 0.05) is 14.1 Å². The lowest BCUT2D eigenvalue weighted by Crippen LogP contribution is -2.35. The van der Waals surface area contributed by atoms with Crippen molar-refractivity contribution in [2.24, 2.45) is 0 Å². The lowest BCUT2D eigenvalue weighted by Gasteiger charge is -2.28. The Labute approximate surface area is 107 Å². The molecule has 0 radical (unpaired) electrons. The molecule has 10 heteroatoms. The van der Waals surface area contributed by atoms with Gasteiger partial charge in [0.05, 0.1) is 0 Å². The molecule has 0 saturated heterocycles. The van der Waals surface area contributed by atoms with Crippen molar-refractivity contribution in [1.29, 1.82) is 0 Å². The van der Waals surface area contributed by atoms with Gasteiger partial charge in [0.1, 0.15) is 0 Å². The summed E-state index contributed by atoms with van der Waals surface area (Å²) in [5.74, 6) is -1.76. The van der Waals surface area contributed by atoms with E-state index in [0.717, 1.165) is 4.90 Å². The molecule has 0 aliphatic heterocycles. The largest absolute Gasteiger partial charge is 0.431 e. The van der Waals surface area contributed by atoms with E-state index in [1.54, 1.807) is 0 Å². The lowest BCUT2D eigenvalue weighted by molar-refractivity contribution is 0.100. The zero-order chi connectivity index (χ0) is 12.4. The van der Waals surface area contributed by atoms with E-state index >= 15 is 0 Å². The standard InChI is InChI=1S/C5H9Cl3NO4PS/c1-9(2)4(10)13-3(5(6,7)8)14(11,12)15/h3H,1-2H3,(H2,11,12,15)/t3-/m1/s1. The van der Waals surface area contributed by atoms with Gasteiger partial charge in [-0.25, -0.2) is 4.79 Å². The Morgan fingerprint density at radius 1 is 1.47 bits per heavy atom. The van der Waals surface area contributed by atoms with Crippen LogP contribution in [0, 0.1) is 0 Å². The first-order valence-electron chi connectivity index (χ1n) is 3.46. The molecule has 0 aromatic heterocycles. The molecule has 0 aliphatic rings. The van der Waals surface area contributed by atoms with Crippen LogP contribution in [0.4, 0.5) is 4.79 Å². The van der Waals surface area contributed by atoms with Crippen molar-refractivity contribution >= 4 is 59.2 Å². The van der Waals surface area contributed by atoms with Crippen LogP contribution in [-0.2, 0) is 16.5 Å². The summed E-state index contributed by atoms with van der Waals surface area (Å²) in [4.78, 5) is 30.5. The Morgan fingerprint density at radius 3 is 2.07 bits per heavy atom. The maximum absolute atomic E-state index is 11.1. The normalized spacial score (nSPS) is 14.6. The highest BCUT2D eigenvalue weighted by Gasteiger charge is 2.45. The van der Waals surface area contributed by atoms with Crippen LogP contribution in [0.1, 0.15) is 0 Å². The zero-order valence-electron chi connectivity index (χ0n) is 7.72. The summed E-state index contributed by atoms with van der Waals surface area (Å²) in [6.45, 7) is -4.02. The molecule has 0 heterocycles. The number of ether oxygens (including phenoxy) is 1. The van der Waals surface area contributed by atoms with E-state index in [1.807, 2.05) is 0 Å². The highest BCUT2D eigenvalue weighted by atomic mass is 35.6. The zero-order valence-corrected chi connectivity index (χ0v) is 11.7. The van der Waals surface area contributed by atoms with Crippen LogP contribution in [0.2, 0.25) is 0 Å². The van der Waals surface area contributed by atoms with Crippen LogP contribution in [0.25, 0.3) is 0 Å². The third kappa shape index (κ3) is 5.54. The average Bonchev–Trinajstić information content (AvgIpc) is 1.94. The molecule has 0 saturated carbocycles. The monoisotopic (exact) mass is 315 g/mol. The van der Waals surface area contributed by atoms with E-state index in [-0.39, 0.29) is 0 Å². The smallest absolute Gasteiger partial charge is 0.410 e. The van der Waals surface area contributed by atoms with Gasteiger partial charge in [0.15, 0.2) is 0 Å². The van der Waals surface area contributed by atoms with Crippen LogP contribution >= 0.6 is 41.3 Å². The maximum Gasteiger partial charge on any atom is 0.410 e. The molecule has 0 fully saturated rings. The Hall–Kier alpha value is 0.710. The fourth-order valence-corrected chi connectivity index (χ4v) is 3.62. The summed E-state index contributed by atoms with van der Waals surface area (Å²) >= 11 is 20.6. The molecular weight excluding hydrogens is 307 g/mol. The summed E-state index contributed by atoms with van der Waals surface area (Å²) in [6, 6.07) is 0. The molecule has 0 aromatic rings. The van der Waals surface area contributed by atoms with Crippen LogP contribution in [0.5, 0.6) is 0 Å². The van der Waals surface area contributed by atoms with Crippen molar-refractivity contribution < 1.29 is 19.3 Å². The number of carbonyl (C=O) groups excluding carboxylic acids is 1. The minimum atomic E-state index is -4.02. The molecule has 15 heavy (non-hydrogen) atoms. The second-order valence-electron chi connectivity index (χ2n) is 2.76. The van der Waals surface area contributed by atoms with Gasteiger partial charge >= 0.3 is 6.09 Å². The molecule has 0 aromatic carbocycles. The molecule has 0 bridgehead atoms. The number of alkyl halides is 3. The molecular formula is C5H9Cl3NO4PS. The van der Waals surface area contributed by atoms with E-state index < -0.39 is 22.2 Å². The highest BCUT2D eigenvalue weighted by molar-refractivity contribution is 8.09. The third-order valence-electron chi connectivity index (χ3n) is 1.16. The van der Waals surface area contributed by atoms with E-state index in [9.17, 15) is 14.6 Å². The topological polar surface area (TPSA) is 70.0 Å². The average molecular weight is 317 g/mol. The van der Waals surface area contributed by atoms with Crippen molar-refractivity contribution in [2.45, 2.75) is 9.64 Å². The molecule has 0 spiro atoms. The van der Waals surface area contributed by atoms with Crippen LogP contribution in [-0.4, -0.2) is 44.5 Å². The summed E-state index contributed by atoms with van der Waals surface area (Å²) in [5.41, 5.74) is 0.